The number of hydrogen-bond acceptors (Lipinski definition) is 2. The zero-order valence-electron chi connectivity index (χ0n) is 8.78. The molecule has 15 heavy (non-hydrogen) atoms. The summed E-state index contributed by atoms with van der Waals surface area (Å²) in [5.41, 5.74) is 4.03. The normalized spacial score (nSPS) is 20.0. The topological polar surface area (TPSA) is 45.0 Å². The van der Waals surface area contributed by atoms with Gasteiger partial charge in [0.2, 0.25) is 0 Å². The fourth-order valence-corrected chi connectivity index (χ4v) is 2.17. The van der Waals surface area contributed by atoms with Crippen molar-refractivity contribution in [1.29, 1.82) is 0 Å². The van der Waals surface area contributed by atoms with Crippen molar-refractivity contribution < 1.29 is 5.11 Å². The van der Waals surface area contributed by atoms with Crippen LogP contribution in [0.1, 0.15) is 25.0 Å². The third kappa shape index (κ3) is 1.06. The number of fused-ring (bicyclic) bond motifs is 3. The van der Waals surface area contributed by atoms with E-state index in [0.717, 1.165) is 16.9 Å². The SMILES string of the molecule is CC1(C)C=Nc2c1ccc1c2N=C(O)C1. The zero-order valence-corrected chi connectivity index (χ0v) is 8.78. The molecule has 1 aromatic carbocycles. The van der Waals surface area contributed by atoms with Crippen LogP contribution in [0.2, 0.25) is 0 Å². The van der Waals surface area contributed by atoms with Crippen molar-refractivity contribution in [2.75, 3.05) is 0 Å². The van der Waals surface area contributed by atoms with Crippen LogP contribution in [0.3, 0.4) is 0 Å². The lowest BCUT2D eigenvalue weighted by atomic mass is 9.86. The van der Waals surface area contributed by atoms with Gasteiger partial charge in [0, 0.05) is 11.6 Å². The predicted molar refractivity (Wildman–Crippen MR) is 61.0 cm³/mol. The minimum absolute atomic E-state index is 0.0158. The fraction of sp³-hybridized carbons (Fsp3) is 0.333. The molecule has 3 nitrogen and oxygen atoms in total. The lowest BCUT2D eigenvalue weighted by Crippen LogP contribution is -2.14. The van der Waals surface area contributed by atoms with Gasteiger partial charge < -0.3 is 5.11 Å². The van der Waals surface area contributed by atoms with Crippen molar-refractivity contribution in [3.63, 3.8) is 0 Å². The molecule has 0 spiro atoms. The molecule has 2 heterocycles. The highest BCUT2D eigenvalue weighted by atomic mass is 16.3. The minimum atomic E-state index is -0.0158. The largest absolute Gasteiger partial charge is 0.496 e. The maximum Gasteiger partial charge on any atom is 0.190 e. The van der Waals surface area contributed by atoms with Crippen LogP contribution >= 0.6 is 0 Å². The van der Waals surface area contributed by atoms with E-state index in [4.69, 9.17) is 0 Å². The molecule has 0 radical (unpaired) electrons. The van der Waals surface area contributed by atoms with E-state index >= 15 is 0 Å². The van der Waals surface area contributed by atoms with Gasteiger partial charge in [-0.05, 0) is 11.1 Å². The van der Waals surface area contributed by atoms with Gasteiger partial charge in [0.15, 0.2) is 5.90 Å². The number of nitrogens with zero attached hydrogens (tertiary/aromatic N) is 2. The van der Waals surface area contributed by atoms with Gasteiger partial charge >= 0.3 is 0 Å². The number of rotatable bonds is 0. The molecule has 2 aliphatic rings. The van der Waals surface area contributed by atoms with Crippen LogP contribution in [0.5, 0.6) is 0 Å². The van der Waals surface area contributed by atoms with E-state index in [-0.39, 0.29) is 11.3 Å². The van der Waals surface area contributed by atoms with Crippen molar-refractivity contribution in [3.8, 4) is 0 Å². The first kappa shape index (κ1) is 8.65. The Labute approximate surface area is 88.2 Å². The Hall–Kier alpha value is -1.64. The third-order valence-corrected chi connectivity index (χ3v) is 3.03. The molecule has 0 saturated carbocycles. The highest BCUT2D eigenvalue weighted by Crippen LogP contribution is 2.46. The Morgan fingerprint density at radius 2 is 2.07 bits per heavy atom. The molecule has 0 saturated heterocycles. The summed E-state index contributed by atoms with van der Waals surface area (Å²) < 4.78 is 0. The molecular weight excluding hydrogens is 188 g/mol. The van der Waals surface area contributed by atoms with E-state index in [9.17, 15) is 5.11 Å². The molecule has 1 aromatic rings. The minimum Gasteiger partial charge on any atom is -0.496 e. The Kier molecular flexibility index (Phi) is 1.43. The van der Waals surface area contributed by atoms with Gasteiger partial charge in [0.05, 0.1) is 17.8 Å². The van der Waals surface area contributed by atoms with Gasteiger partial charge in [-0.25, -0.2) is 4.99 Å². The van der Waals surface area contributed by atoms with Gasteiger partial charge in [-0.3, -0.25) is 4.99 Å². The number of aliphatic imine (C=N–C) groups is 2. The van der Waals surface area contributed by atoms with Crippen molar-refractivity contribution in [2.24, 2.45) is 9.98 Å². The molecular formula is C12H12N2O. The summed E-state index contributed by atoms with van der Waals surface area (Å²) in [6.07, 6.45) is 2.49. The molecule has 76 valence electrons. The summed E-state index contributed by atoms with van der Waals surface area (Å²) in [5, 5.41) is 9.41. The zero-order chi connectivity index (χ0) is 10.6. The molecule has 0 aromatic heterocycles. The average Bonchev–Trinajstić information content (AvgIpc) is 2.66. The second kappa shape index (κ2) is 2.48. The third-order valence-electron chi connectivity index (χ3n) is 3.03. The Morgan fingerprint density at radius 3 is 2.87 bits per heavy atom. The van der Waals surface area contributed by atoms with Gasteiger partial charge in [-0.1, -0.05) is 26.0 Å². The van der Waals surface area contributed by atoms with Gasteiger partial charge in [-0.2, -0.15) is 0 Å². The van der Waals surface area contributed by atoms with Crippen molar-refractivity contribution in [1.82, 2.24) is 0 Å². The number of aliphatic hydroxyl groups is 1. The summed E-state index contributed by atoms with van der Waals surface area (Å²) in [4.78, 5) is 8.56. The van der Waals surface area contributed by atoms with E-state index in [1.807, 2.05) is 12.3 Å². The van der Waals surface area contributed by atoms with Gasteiger partial charge in [0.25, 0.3) is 0 Å². The molecule has 2 aliphatic heterocycles. The molecule has 0 fully saturated rings. The maximum absolute atomic E-state index is 9.41. The van der Waals surface area contributed by atoms with Crippen LogP contribution in [0.15, 0.2) is 22.1 Å². The second-order valence-electron chi connectivity index (χ2n) is 4.65. The maximum atomic E-state index is 9.41. The van der Waals surface area contributed by atoms with Crippen LogP contribution in [0, 0.1) is 0 Å². The van der Waals surface area contributed by atoms with E-state index < -0.39 is 0 Å². The first-order valence-electron chi connectivity index (χ1n) is 5.06. The molecule has 0 bridgehead atoms. The van der Waals surface area contributed by atoms with Crippen molar-refractivity contribution in [2.45, 2.75) is 25.7 Å². The van der Waals surface area contributed by atoms with Gasteiger partial charge in [0.1, 0.15) is 0 Å². The van der Waals surface area contributed by atoms with E-state index in [1.54, 1.807) is 0 Å². The van der Waals surface area contributed by atoms with Crippen molar-refractivity contribution in [3.05, 3.63) is 23.3 Å². The first-order valence-corrected chi connectivity index (χ1v) is 5.06. The Balaban J connectivity index is 2.28. The smallest absolute Gasteiger partial charge is 0.190 e. The first-order chi connectivity index (χ1) is 7.08. The van der Waals surface area contributed by atoms with Crippen LogP contribution in [-0.2, 0) is 11.8 Å². The lowest BCUT2D eigenvalue weighted by molar-refractivity contribution is 0.543. The van der Waals surface area contributed by atoms with Crippen molar-refractivity contribution >= 4 is 23.5 Å². The second-order valence-corrected chi connectivity index (χ2v) is 4.65. The van der Waals surface area contributed by atoms with Gasteiger partial charge in [-0.15, -0.1) is 0 Å². The summed E-state index contributed by atoms with van der Waals surface area (Å²) in [6.45, 7) is 4.26. The monoisotopic (exact) mass is 200 g/mol. The fourth-order valence-electron chi connectivity index (χ4n) is 2.17. The Morgan fingerprint density at radius 1 is 1.27 bits per heavy atom. The average molecular weight is 200 g/mol. The summed E-state index contributed by atoms with van der Waals surface area (Å²) >= 11 is 0. The molecule has 3 rings (SSSR count). The number of benzene rings is 1. The summed E-state index contributed by atoms with van der Waals surface area (Å²) in [7, 11) is 0. The Bertz CT molecular complexity index is 513. The van der Waals surface area contributed by atoms with E-state index in [1.165, 1.54) is 5.56 Å². The van der Waals surface area contributed by atoms with E-state index in [2.05, 4.69) is 29.9 Å². The van der Waals surface area contributed by atoms with Crippen LogP contribution in [0.25, 0.3) is 0 Å². The highest BCUT2D eigenvalue weighted by molar-refractivity contribution is 5.96. The summed E-state index contributed by atoms with van der Waals surface area (Å²) in [5.74, 6) is 0.193. The predicted octanol–water partition coefficient (Wildman–Crippen LogP) is 2.82. The van der Waals surface area contributed by atoms with E-state index in [0.29, 0.717) is 6.42 Å². The standard InChI is InChI=1S/C12H12N2O/c1-12(2)6-13-11-8(12)4-3-7-5-9(15)14-10(7)11/h3-4,6H,5H2,1-2H3,(H,14,15). The van der Waals surface area contributed by atoms with Crippen LogP contribution in [0.4, 0.5) is 11.4 Å². The molecule has 0 unspecified atom stereocenters. The molecule has 3 heteroatoms. The highest BCUT2D eigenvalue weighted by Gasteiger charge is 2.30. The molecule has 0 aliphatic carbocycles. The quantitative estimate of drug-likeness (QED) is 0.687. The lowest BCUT2D eigenvalue weighted by Gasteiger charge is -2.16. The summed E-state index contributed by atoms with van der Waals surface area (Å²) in [6, 6.07) is 4.13. The number of aliphatic hydroxyl groups excluding tert-OH is 1. The van der Waals surface area contributed by atoms with Crippen LogP contribution < -0.4 is 0 Å². The van der Waals surface area contributed by atoms with Crippen LogP contribution in [-0.4, -0.2) is 17.2 Å². The number of hydrogen-bond donors (Lipinski definition) is 1. The molecule has 1 N–H and O–H groups in total. The molecule has 0 atom stereocenters. The molecule has 0 amide bonds.